The van der Waals surface area contributed by atoms with Crippen LogP contribution < -0.4 is 10.6 Å². The third kappa shape index (κ3) is 10.0. The van der Waals surface area contributed by atoms with Crippen molar-refractivity contribution in [3.63, 3.8) is 0 Å². The van der Waals surface area contributed by atoms with E-state index in [4.69, 9.17) is 4.74 Å². The Morgan fingerprint density at radius 1 is 1.02 bits per heavy atom. The summed E-state index contributed by atoms with van der Waals surface area (Å²) in [4.78, 5) is 43.1. The van der Waals surface area contributed by atoms with E-state index >= 15 is 0 Å². The quantitative estimate of drug-likeness (QED) is 0.272. The molecule has 1 aromatic carbocycles. The molecule has 0 bridgehead atoms. The van der Waals surface area contributed by atoms with Gasteiger partial charge in [0.1, 0.15) is 23.4 Å². The van der Waals surface area contributed by atoms with E-state index in [1.807, 2.05) is 20.8 Å². The minimum absolute atomic E-state index is 0.0304. The smallest absolute Gasteiger partial charge is 0.408 e. The van der Waals surface area contributed by atoms with Gasteiger partial charge < -0.3 is 25.4 Å². The Hall–Kier alpha value is -2.77. The molecule has 0 aromatic heterocycles. The van der Waals surface area contributed by atoms with Crippen LogP contribution in [0.2, 0.25) is 0 Å². The number of alkyl carbamates (subject to hydrolysis) is 1. The van der Waals surface area contributed by atoms with Crippen molar-refractivity contribution < 1.29 is 24.2 Å². The number of benzene rings is 1. The molecule has 1 aliphatic carbocycles. The normalized spacial score (nSPS) is 17.4. The first kappa shape index (κ1) is 33.4. The molecule has 1 fully saturated rings. The molecule has 3 amide bonds. The van der Waals surface area contributed by atoms with Gasteiger partial charge in [0.2, 0.25) is 11.8 Å². The molecule has 226 valence electrons. The van der Waals surface area contributed by atoms with Crippen LogP contribution in [-0.4, -0.2) is 51.6 Å². The predicted molar refractivity (Wildman–Crippen MR) is 159 cm³/mol. The number of carbonyl (C=O) groups excluding carboxylic acids is 3. The van der Waals surface area contributed by atoms with Gasteiger partial charge in [0.15, 0.2) is 0 Å². The Morgan fingerprint density at radius 2 is 1.65 bits per heavy atom. The van der Waals surface area contributed by atoms with Crippen molar-refractivity contribution in [1.29, 1.82) is 0 Å². The molecule has 3 N–H and O–H groups in total. The highest BCUT2D eigenvalue weighted by atomic mass is 16.6. The standard InChI is InChI=1S/C32H53N3O5/c1-9-22(4)27(34-31(39)40-32(6,7)8)30(38)35(23(5)20-19-21(2)3)28(25-17-13-14-18-26(25)36)29(37)33-24-15-11-10-12-16-24/h13-14,17-18,21-24,27-28,36H,9-12,15-16,19-20H2,1-8H3,(H,33,37)(H,34,39). The third-order valence-electron chi connectivity index (χ3n) is 7.75. The summed E-state index contributed by atoms with van der Waals surface area (Å²) in [7, 11) is 0. The minimum Gasteiger partial charge on any atom is -0.508 e. The number of para-hydroxylation sites is 1. The first-order valence-corrected chi connectivity index (χ1v) is 15.1. The Balaban J connectivity index is 2.58. The van der Waals surface area contributed by atoms with Crippen molar-refractivity contribution >= 4 is 17.9 Å². The first-order valence-electron chi connectivity index (χ1n) is 15.1. The van der Waals surface area contributed by atoms with Crippen molar-refractivity contribution in [2.75, 3.05) is 0 Å². The Labute approximate surface area is 241 Å². The molecule has 8 heteroatoms. The van der Waals surface area contributed by atoms with Gasteiger partial charge in [0.25, 0.3) is 0 Å². The lowest BCUT2D eigenvalue weighted by Crippen LogP contribution is -2.58. The maximum absolute atomic E-state index is 14.5. The number of ether oxygens (including phenoxy) is 1. The van der Waals surface area contributed by atoms with Gasteiger partial charge in [-0.1, -0.05) is 71.6 Å². The molecule has 1 aliphatic rings. The molecule has 1 saturated carbocycles. The Bertz CT molecular complexity index is 968. The summed E-state index contributed by atoms with van der Waals surface area (Å²) >= 11 is 0. The van der Waals surface area contributed by atoms with Crippen LogP contribution in [0.1, 0.15) is 118 Å². The van der Waals surface area contributed by atoms with Gasteiger partial charge in [-0.25, -0.2) is 4.79 Å². The van der Waals surface area contributed by atoms with Crippen LogP contribution in [0, 0.1) is 11.8 Å². The molecular weight excluding hydrogens is 506 g/mol. The van der Waals surface area contributed by atoms with Gasteiger partial charge >= 0.3 is 6.09 Å². The highest BCUT2D eigenvalue weighted by Gasteiger charge is 2.41. The van der Waals surface area contributed by atoms with Crippen LogP contribution >= 0.6 is 0 Å². The second-order valence-electron chi connectivity index (χ2n) is 12.9. The highest BCUT2D eigenvalue weighted by Crippen LogP contribution is 2.34. The zero-order valence-corrected chi connectivity index (χ0v) is 26.0. The van der Waals surface area contributed by atoms with Crippen molar-refractivity contribution in [1.82, 2.24) is 15.5 Å². The first-order chi connectivity index (χ1) is 18.7. The van der Waals surface area contributed by atoms with Crippen LogP contribution in [0.5, 0.6) is 5.75 Å². The third-order valence-corrected chi connectivity index (χ3v) is 7.75. The summed E-state index contributed by atoms with van der Waals surface area (Å²) in [5.41, 5.74) is -0.351. The van der Waals surface area contributed by atoms with Gasteiger partial charge in [-0.05, 0) is 71.3 Å². The van der Waals surface area contributed by atoms with Crippen LogP contribution in [0.15, 0.2) is 24.3 Å². The van der Waals surface area contributed by atoms with Gasteiger partial charge in [0.05, 0.1) is 0 Å². The van der Waals surface area contributed by atoms with Crippen molar-refractivity contribution in [2.45, 2.75) is 137 Å². The van der Waals surface area contributed by atoms with Crippen LogP contribution in [0.4, 0.5) is 4.79 Å². The summed E-state index contributed by atoms with van der Waals surface area (Å²) in [6.07, 6.45) is 6.53. The van der Waals surface area contributed by atoms with E-state index < -0.39 is 23.8 Å². The highest BCUT2D eigenvalue weighted by molar-refractivity contribution is 5.93. The molecule has 4 atom stereocenters. The predicted octanol–water partition coefficient (Wildman–Crippen LogP) is 6.47. The van der Waals surface area contributed by atoms with Crippen molar-refractivity contribution in [3.8, 4) is 5.75 Å². The van der Waals surface area contributed by atoms with Gasteiger partial charge in [-0.15, -0.1) is 0 Å². The molecule has 0 radical (unpaired) electrons. The van der Waals surface area contributed by atoms with E-state index in [0.29, 0.717) is 24.3 Å². The fourth-order valence-corrected chi connectivity index (χ4v) is 5.25. The number of hydrogen-bond acceptors (Lipinski definition) is 5. The Kier molecular flexibility index (Phi) is 12.8. The van der Waals surface area contributed by atoms with E-state index in [2.05, 4.69) is 24.5 Å². The summed E-state index contributed by atoms with van der Waals surface area (Å²) < 4.78 is 5.50. The molecule has 8 nitrogen and oxygen atoms in total. The fraction of sp³-hybridized carbons (Fsp3) is 0.719. The molecule has 4 unspecified atom stereocenters. The number of phenolic OH excluding ortho intramolecular Hbond substituents is 1. The lowest BCUT2D eigenvalue weighted by atomic mass is 9.92. The maximum Gasteiger partial charge on any atom is 0.408 e. The van der Waals surface area contributed by atoms with Crippen LogP contribution in [0.3, 0.4) is 0 Å². The van der Waals surface area contributed by atoms with E-state index in [0.717, 1.165) is 38.5 Å². The number of phenols is 1. The number of rotatable bonds is 12. The number of carbonyl (C=O) groups is 3. The SMILES string of the molecule is CCC(C)C(NC(=O)OC(C)(C)C)C(=O)N(C(C)CCC(C)C)C(C(=O)NC1CCCCC1)c1ccccc1O. The van der Waals surface area contributed by atoms with E-state index in [1.54, 1.807) is 49.9 Å². The van der Waals surface area contributed by atoms with E-state index in [1.165, 1.54) is 0 Å². The van der Waals surface area contributed by atoms with Crippen LogP contribution in [0.25, 0.3) is 0 Å². The van der Waals surface area contributed by atoms with Gasteiger partial charge in [0, 0.05) is 17.6 Å². The van der Waals surface area contributed by atoms with Crippen molar-refractivity contribution in [3.05, 3.63) is 29.8 Å². The Morgan fingerprint density at radius 3 is 2.20 bits per heavy atom. The number of nitrogens with one attached hydrogen (secondary N) is 2. The van der Waals surface area contributed by atoms with Gasteiger partial charge in [-0.3, -0.25) is 9.59 Å². The molecule has 0 aliphatic heterocycles. The van der Waals surface area contributed by atoms with E-state index in [9.17, 15) is 19.5 Å². The second kappa shape index (κ2) is 15.3. The topological polar surface area (TPSA) is 108 Å². The molecule has 40 heavy (non-hydrogen) atoms. The average molecular weight is 560 g/mol. The summed E-state index contributed by atoms with van der Waals surface area (Å²) in [6, 6.07) is 4.46. The largest absolute Gasteiger partial charge is 0.508 e. The molecule has 1 aromatic rings. The number of amides is 3. The zero-order chi connectivity index (χ0) is 30.0. The monoisotopic (exact) mass is 559 g/mol. The zero-order valence-electron chi connectivity index (χ0n) is 26.0. The number of nitrogens with zero attached hydrogens (tertiary/aromatic N) is 1. The molecule has 0 heterocycles. The molecule has 2 rings (SSSR count). The average Bonchev–Trinajstić information content (AvgIpc) is 2.88. The lowest BCUT2D eigenvalue weighted by Gasteiger charge is -2.40. The van der Waals surface area contributed by atoms with Crippen molar-refractivity contribution in [2.24, 2.45) is 11.8 Å². The second-order valence-corrected chi connectivity index (χ2v) is 12.9. The van der Waals surface area contributed by atoms with Crippen LogP contribution in [-0.2, 0) is 14.3 Å². The lowest BCUT2D eigenvalue weighted by molar-refractivity contribution is -0.146. The number of aromatic hydroxyl groups is 1. The van der Waals surface area contributed by atoms with Gasteiger partial charge in [-0.2, -0.15) is 0 Å². The van der Waals surface area contributed by atoms with E-state index in [-0.39, 0.29) is 35.6 Å². The molecule has 0 spiro atoms. The minimum atomic E-state index is -1.05. The number of hydrogen-bond donors (Lipinski definition) is 3. The summed E-state index contributed by atoms with van der Waals surface area (Å²) in [5.74, 6) is -0.516. The molecular formula is C32H53N3O5. The fourth-order valence-electron chi connectivity index (χ4n) is 5.25. The summed E-state index contributed by atoms with van der Waals surface area (Å²) in [6.45, 7) is 15.4. The molecule has 0 saturated heterocycles. The summed E-state index contributed by atoms with van der Waals surface area (Å²) in [5, 5.41) is 16.9. The maximum atomic E-state index is 14.5.